The quantitative estimate of drug-likeness (QED) is 0.327. The summed E-state index contributed by atoms with van der Waals surface area (Å²) in [6, 6.07) is 18.4. The molecule has 2 aromatic carbocycles. The highest BCUT2D eigenvalue weighted by Gasteiger charge is 2.33. The summed E-state index contributed by atoms with van der Waals surface area (Å²) < 4.78 is 6.39. The van der Waals surface area contributed by atoms with Gasteiger partial charge in [0.05, 0.1) is 18.1 Å². The van der Waals surface area contributed by atoms with Crippen molar-refractivity contribution >= 4 is 39.1 Å². The van der Waals surface area contributed by atoms with Crippen LogP contribution in [0.3, 0.4) is 0 Å². The second-order valence-corrected chi connectivity index (χ2v) is 11.1. The monoisotopic (exact) mass is 536 g/mol. The van der Waals surface area contributed by atoms with Gasteiger partial charge < -0.3 is 20.7 Å². The number of thiophene rings is 1. The molecule has 3 aromatic rings. The van der Waals surface area contributed by atoms with Crippen LogP contribution in [-0.2, 0) is 20.7 Å². The maximum absolute atomic E-state index is 13.3. The number of amides is 3. The summed E-state index contributed by atoms with van der Waals surface area (Å²) in [6.07, 6.45) is 1.16. The van der Waals surface area contributed by atoms with Crippen molar-refractivity contribution in [1.29, 1.82) is 0 Å². The molecule has 1 fully saturated rings. The number of benzene rings is 2. The van der Waals surface area contributed by atoms with Gasteiger partial charge in [-0.25, -0.2) is 0 Å². The summed E-state index contributed by atoms with van der Waals surface area (Å²) >= 11 is 1.38. The average Bonchev–Trinajstić information content (AvgIpc) is 3.36. The number of fused-ring (bicyclic) bond motifs is 1. The van der Waals surface area contributed by atoms with Gasteiger partial charge in [-0.1, -0.05) is 48.5 Å². The topological polar surface area (TPSA) is 99.8 Å². The summed E-state index contributed by atoms with van der Waals surface area (Å²) in [4.78, 5) is 42.3. The number of hydrogen-bond donors (Lipinski definition) is 3. The minimum absolute atomic E-state index is 0.240. The van der Waals surface area contributed by atoms with Crippen molar-refractivity contribution in [3.63, 3.8) is 0 Å². The molecular formula is C29H36N4O4S. The lowest BCUT2D eigenvalue weighted by atomic mass is 10.0. The molecule has 0 bridgehead atoms. The molecule has 8 nitrogen and oxygen atoms in total. The number of ether oxygens (including phenoxy) is 1. The number of morpholine rings is 1. The Labute approximate surface area is 227 Å². The van der Waals surface area contributed by atoms with Crippen LogP contribution in [0.1, 0.15) is 35.5 Å². The van der Waals surface area contributed by atoms with Gasteiger partial charge in [0.1, 0.15) is 11.6 Å². The first-order valence-electron chi connectivity index (χ1n) is 13.1. The van der Waals surface area contributed by atoms with Gasteiger partial charge >= 0.3 is 0 Å². The van der Waals surface area contributed by atoms with E-state index in [1.54, 1.807) is 13.8 Å². The summed E-state index contributed by atoms with van der Waals surface area (Å²) in [7, 11) is 0. The van der Waals surface area contributed by atoms with Gasteiger partial charge in [0.25, 0.3) is 5.91 Å². The lowest BCUT2D eigenvalue weighted by Crippen LogP contribution is -2.59. The van der Waals surface area contributed by atoms with E-state index in [0.717, 1.165) is 54.9 Å². The van der Waals surface area contributed by atoms with Crippen molar-refractivity contribution in [3.8, 4) is 0 Å². The molecule has 2 heterocycles. The van der Waals surface area contributed by atoms with Crippen LogP contribution in [0.25, 0.3) is 10.1 Å². The largest absolute Gasteiger partial charge is 0.379 e. The Morgan fingerprint density at radius 3 is 2.47 bits per heavy atom. The maximum atomic E-state index is 13.3. The maximum Gasteiger partial charge on any atom is 0.262 e. The third-order valence-electron chi connectivity index (χ3n) is 6.60. The van der Waals surface area contributed by atoms with E-state index in [1.807, 2.05) is 60.7 Å². The van der Waals surface area contributed by atoms with Crippen molar-refractivity contribution < 1.29 is 19.1 Å². The van der Waals surface area contributed by atoms with Crippen molar-refractivity contribution in [2.75, 3.05) is 39.4 Å². The van der Waals surface area contributed by atoms with Gasteiger partial charge in [-0.05, 0) is 49.9 Å². The van der Waals surface area contributed by atoms with Crippen LogP contribution in [0.2, 0.25) is 0 Å². The summed E-state index contributed by atoms with van der Waals surface area (Å²) in [5.74, 6) is -0.981. The van der Waals surface area contributed by atoms with Crippen LogP contribution in [0, 0.1) is 0 Å². The second kappa shape index (κ2) is 13.0. The van der Waals surface area contributed by atoms with E-state index in [1.165, 1.54) is 11.3 Å². The predicted molar refractivity (Wildman–Crippen MR) is 150 cm³/mol. The molecule has 0 aliphatic carbocycles. The summed E-state index contributed by atoms with van der Waals surface area (Å²) in [5, 5.41) is 9.70. The third-order valence-corrected chi connectivity index (χ3v) is 7.72. The zero-order valence-electron chi connectivity index (χ0n) is 22.0. The molecule has 0 radical (unpaired) electrons. The molecular weight excluding hydrogens is 500 g/mol. The Balaban J connectivity index is 1.36. The molecule has 1 atom stereocenters. The van der Waals surface area contributed by atoms with Crippen LogP contribution in [0.4, 0.5) is 0 Å². The number of rotatable bonds is 11. The number of carbonyl (C=O) groups is 3. The van der Waals surface area contributed by atoms with Crippen molar-refractivity contribution in [2.45, 2.75) is 38.3 Å². The normalized spacial score (nSPS) is 15.1. The number of nitrogens with one attached hydrogen (secondary N) is 3. The smallest absolute Gasteiger partial charge is 0.262 e. The Hall–Kier alpha value is -3.27. The highest BCUT2D eigenvalue weighted by atomic mass is 32.1. The van der Waals surface area contributed by atoms with Crippen molar-refractivity contribution in [2.24, 2.45) is 0 Å². The minimum atomic E-state index is -1.22. The van der Waals surface area contributed by atoms with Gasteiger partial charge in [0, 0.05) is 30.8 Å². The summed E-state index contributed by atoms with van der Waals surface area (Å²) in [5.41, 5.74) is -0.285. The molecule has 0 spiro atoms. The number of carbonyl (C=O) groups excluding carboxylic acids is 3. The molecule has 0 unspecified atom stereocenters. The molecule has 0 saturated carbocycles. The Kier molecular flexibility index (Phi) is 9.49. The Bertz CT molecular complexity index is 1200. The highest BCUT2D eigenvalue weighted by Crippen LogP contribution is 2.25. The van der Waals surface area contributed by atoms with Crippen LogP contribution in [0.15, 0.2) is 60.7 Å². The Morgan fingerprint density at radius 2 is 1.74 bits per heavy atom. The predicted octanol–water partition coefficient (Wildman–Crippen LogP) is 2.98. The fraction of sp³-hybridized carbons (Fsp3) is 0.414. The minimum Gasteiger partial charge on any atom is -0.379 e. The third kappa shape index (κ3) is 7.63. The second-order valence-electron chi connectivity index (χ2n) is 10.0. The molecule has 3 N–H and O–H groups in total. The van der Waals surface area contributed by atoms with E-state index >= 15 is 0 Å². The molecule has 9 heteroatoms. The van der Waals surface area contributed by atoms with E-state index < -0.39 is 17.5 Å². The van der Waals surface area contributed by atoms with Gasteiger partial charge in [-0.3, -0.25) is 19.3 Å². The number of hydrogen-bond acceptors (Lipinski definition) is 6. The van der Waals surface area contributed by atoms with Gasteiger partial charge in [0.2, 0.25) is 11.8 Å². The van der Waals surface area contributed by atoms with Gasteiger partial charge in [0.15, 0.2) is 0 Å². The fourth-order valence-electron chi connectivity index (χ4n) is 4.36. The molecule has 3 amide bonds. The van der Waals surface area contributed by atoms with E-state index in [2.05, 4.69) is 20.9 Å². The zero-order chi connectivity index (χ0) is 27.0. The molecule has 202 valence electrons. The van der Waals surface area contributed by atoms with E-state index in [0.29, 0.717) is 17.8 Å². The van der Waals surface area contributed by atoms with Gasteiger partial charge in [-0.15, -0.1) is 11.3 Å². The van der Waals surface area contributed by atoms with Crippen molar-refractivity contribution in [1.82, 2.24) is 20.9 Å². The highest BCUT2D eigenvalue weighted by molar-refractivity contribution is 7.20. The molecule has 1 aliphatic heterocycles. The van der Waals surface area contributed by atoms with Crippen LogP contribution in [-0.4, -0.2) is 73.6 Å². The van der Waals surface area contributed by atoms with Crippen LogP contribution < -0.4 is 16.0 Å². The zero-order valence-corrected chi connectivity index (χ0v) is 22.8. The van der Waals surface area contributed by atoms with Crippen LogP contribution in [0.5, 0.6) is 0 Å². The molecule has 1 aliphatic rings. The molecule has 1 saturated heterocycles. The first kappa shape index (κ1) is 27.8. The SMILES string of the molecule is CC(C)(NC(=O)c1cc2ccccc2s1)C(=O)N[C@H](Cc1ccccc1)C(=O)NCCCN1CCOCC1. The van der Waals surface area contributed by atoms with E-state index in [-0.39, 0.29) is 11.8 Å². The fourth-order valence-corrected chi connectivity index (χ4v) is 5.31. The van der Waals surface area contributed by atoms with E-state index in [9.17, 15) is 14.4 Å². The Morgan fingerprint density at radius 1 is 1.03 bits per heavy atom. The standard InChI is InChI=1S/C29H36N4O4S/c1-29(2,32-27(35)25-20-22-11-6-7-12-24(22)38-25)28(36)31-23(19-21-9-4-3-5-10-21)26(34)30-13-8-14-33-15-17-37-18-16-33/h3-7,9-12,20,23H,8,13-19H2,1-2H3,(H,30,34)(H,31,36)(H,32,35)/t23-/m1/s1. The van der Waals surface area contributed by atoms with E-state index in [4.69, 9.17) is 4.74 Å². The lowest BCUT2D eigenvalue weighted by molar-refractivity contribution is -0.131. The molecule has 4 rings (SSSR count). The number of nitrogens with zero attached hydrogens (tertiary/aromatic N) is 1. The average molecular weight is 537 g/mol. The molecule has 1 aromatic heterocycles. The first-order chi connectivity index (χ1) is 18.3. The first-order valence-corrected chi connectivity index (χ1v) is 13.9. The summed E-state index contributed by atoms with van der Waals surface area (Å²) in [6.45, 7) is 7.99. The van der Waals surface area contributed by atoms with Gasteiger partial charge in [-0.2, -0.15) is 0 Å². The lowest BCUT2D eigenvalue weighted by Gasteiger charge is -2.28. The van der Waals surface area contributed by atoms with Crippen LogP contribution >= 0.6 is 11.3 Å². The van der Waals surface area contributed by atoms with Crippen molar-refractivity contribution in [3.05, 3.63) is 71.1 Å². The molecule has 38 heavy (non-hydrogen) atoms.